The van der Waals surface area contributed by atoms with E-state index >= 15 is 0 Å². The highest BCUT2D eigenvalue weighted by molar-refractivity contribution is 5.87. The van der Waals surface area contributed by atoms with Crippen LogP contribution in [0.4, 0.5) is 0 Å². The molecule has 92 valence electrons. The highest BCUT2D eigenvalue weighted by atomic mass is 16.4. The smallest absolute Gasteiger partial charge is 0.329 e. The molecule has 5 heteroatoms. The molecule has 1 unspecified atom stereocenters. The molecule has 1 aliphatic heterocycles. The van der Waals surface area contributed by atoms with Crippen molar-refractivity contribution >= 4 is 11.9 Å². The molecular weight excluding hydrogens is 208 g/mol. The van der Waals surface area contributed by atoms with Gasteiger partial charge in [-0.25, -0.2) is 4.79 Å². The SMILES string of the molecule is CN(C)CCC(=O)N1CCCC1(C)C(=O)O. The van der Waals surface area contributed by atoms with Gasteiger partial charge in [0.1, 0.15) is 5.54 Å². The van der Waals surface area contributed by atoms with E-state index in [9.17, 15) is 9.59 Å². The van der Waals surface area contributed by atoms with Crippen molar-refractivity contribution in [2.45, 2.75) is 31.7 Å². The number of hydrogen-bond acceptors (Lipinski definition) is 3. The zero-order valence-corrected chi connectivity index (χ0v) is 10.2. The lowest BCUT2D eigenvalue weighted by atomic mass is 9.99. The molecule has 1 rings (SSSR count). The van der Waals surface area contributed by atoms with Crippen LogP contribution in [0.2, 0.25) is 0 Å². The first-order valence-corrected chi connectivity index (χ1v) is 5.56. The molecule has 0 bridgehead atoms. The third-order valence-electron chi connectivity index (χ3n) is 3.18. The Labute approximate surface area is 96.0 Å². The summed E-state index contributed by atoms with van der Waals surface area (Å²) in [5.74, 6) is -0.959. The lowest BCUT2D eigenvalue weighted by molar-refractivity contribution is -0.155. The van der Waals surface area contributed by atoms with Gasteiger partial charge in [-0.05, 0) is 33.9 Å². The highest BCUT2D eigenvalue weighted by Gasteiger charge is 2.45. The summed E-state index contributed by atoms with van der Waals surface area (Å²) in [5.41, 5.74) is -0.997. The first kappa shape index (κ1) is 13.0. The Morgan fingerprint density at radius 3 is 2.56 bits per heavy atom. The van der Waals surface area contributed by atoms with Crippen molar-refractivity contribution in [3.05, 3.63) is 0 Å². The predicted octanol–water partition coefficient (Wildman–Crippen LogP) is 0.404. The Morgan fingerprint density at radius 2 is 2.06 bits per heavy atom. The third kappa shape index (κ3) is 2.52. The second-order valence-corrected chi connectivity index (χ2v) is 4.78. The van der Waals surface area contributed by atoms with Crippen molar-refractivity contribution in [3.63, 3.8) is 0 Å². The number of amides is 1. The summed E-state index contributed by atoms with van der Waals surface area (Å²) in [5, 5.41) is 9.16. The number of carbonyl (C=O) groups excluding carboxylic acids is 1. The lowest BCUT2D eigenvalue weighted by Gasteiger charge is -2.31. The van der Waals surface area contributed by atoms with Crippen molar-refractivity contribution in [1.82, 2.24) is 9.80 Å². The number of carboxylic acids is 1. The number of carbonyl (C=O) groups is 2. The van der Waals surface area contributed by atoms with Gasteiger partial charge >= 0.3 is 5.97 Å². The van der Waals surface area contributed by atoms with Gasteiger partial charge in [0.05, 0.1) is 0 Å². The zero-order valence-electron chi connectivity index (χ0n) is 10.2. The highest BCUT2D eigenvalue weighted by Crippen LogP contribution is 2.29. The molecule has 1 N–H and O–H groups in total. The minimum atomic E-state index is -0.997. The maximum atomic E-state index is 11.9. The predicted molar refractivity (Wildman–Crippen MR) is 60.2 cm³/mol. The average Bonchev–Trinajstić information content (AvgIpc) is 2.58. The van der Waals surface area contributed by atoms with Gasteiger partial charge in [-0.2, -0.15) is 0 Å². The summed E-state index contributed by atoms with van der Waals surface area (Å²) in [6.45, 7) is 2.86. The van der Waals surface area contributed by atoms with Gasteiger partial charge < -0.3 is 14.9 Å². The summed E-state index contributed by atoms with van der Waals surface area (Å²) < 4.78 is 0. The maximum Gasteiger partial charge on any atom is 0.329 e. The van der Waals surface area contributed by atoms with Crippen LogP contribution in [0.25, 0.3) is 0 Å². The Hall–Kier alpha value is -1.10. The topological polar surface area (TPSA) is 60.9 Å². The minimum Gasteiger partial charge on any atom is -0.480 e. The first-order chi connectivity index (χ1) is 7.38. The molecular formula is C11H20N2O3. The molecule has 1 fully saturated rings. The average molecular weight is 228 g/mol. The Bertz CT molecular complexity index is 291. The second kappa shape index (κ2) is 4.82. The van der Waals surface area contributed by atoms with Crippen LogP contribution in [0.5, 0.6) is 0 Å². The monoisotopic (exact) mass is 228 g/mol. The maximum absolute atomic E-state index is 11.9. The number of nitrogens with zero attached hydrogens (tertiary/aromatic N) is 2. The van der Waals surface area contributed by atoms with E-state index in [1.165, 1.54) is 4.90 Å². The van der Waals surface area contributed by atoms with Gasteiger partial charge in [0.25, 0.3) is 0 Å². The number of aliphatic carboxylic acids is 1. The van der Waals surface area contributed by atoms with E-state index in [4.69, 9.17) is 5.11 Å². The summed E-state index contributed by atoms with van der Waals surface area (Å²) in [6, 6.07) is 0. The second-order valence-electron chi connectivity index (χ2n) is 4.78. The van der Waals surface area contributed by atoms with Gasteiger partial charge in [0.2, 0.25) is 5.91 Å². The van der Waals surface area contributed by atoms with Gasteiger partial charge in [-0.15, -0.1) is 0 Å². The number of carboxylic acid groups (broad SMARTS) is 1. The summed E-state index contributed by atoms with van der Waals surface area (Å²) in [4.78, 5) is 26.5. The fourth-order valence-electron chi connectivity index (χ4n) is 2.04. The summed E-state index contributed by atoms with van der Waals surface area (Å²) >= 11 is 0. The van der Waals surface area contributed by atoms with Crippen LogP contribution in [0.15, 0.2) is 0 Å². The molecule has 1 amide bonds. The molecule has 5 nitrogen and oxygen atoms in total. The number of rotatable bonds is 4. The van der Waals surface area contributed by atoms with E-state index < -0.39 is 11.5 Å². The van der Waals surface area contributed by atoms with Crippen molar-refractivity contribution in [2.75, 3.05) is 27.2 Å². The molecule has 1 saturated heterocycles. The van der Waals surface area contributed by atoms with Gasteiger partial charge in [-0.1, -0.05) is 0 Å². The van der Waals surface area contributed by atoms with Crippen LogP contribution >= 0.6 is 0 Å². The molecule has 1 aliphatic rings. The molecule has 0 aromatic carbocycles. The van der Waals surface area contributed by atoms with E-state index in [1.807, 2.05) is 19.0 Å². The molecule has 0 saturated carbocycles. The van der Waals surface area contributed by atoms with Crippen molar-refractivity contribution < 1.29 is 14.7 Å². The summed E-state index contributed by atoms with van der Waals surface area (Å²) in [7, 11) is 3.79. The number of hydrogen-bond donors (Lipinski definition) is 1. The molecule has 0 spiro atoms. The van der Waals surface area contributed by atoms with E-state index in [-0.39, 0.29) is 5.91 Å². The van der Waals surface area contributed by atoms with Crippen LogP contribution < -0.4 is 0 Å². The third-order valence-corrected chi connectivity index (χ3v) is 3.18. The van der Waals surface area contributed by atoms with E-state index in [2.05, 4.69) is 0 Å². The van der Waals surface area contributed by atoms with Gasteiger partial charge in [0, 0.05) is 19.5 Å². The molecule has 0 aromatic rings. The van der Waals surface area contributed by atoms with Crippen LogP contribution in [0, 0.1) is 0 Å². The molecule has 0 aliphatic carbocycles. The Balaban J connectivity index is 2.65. The standard InChI is InChI=1S/C11H20N2O3/c1-11(10(15)16)6-4-7-13(11)9(14)5-8-12(2)3/h4-8H2,1-3H3,(H,15,16). The lowest BCUT2D eigenvalue weighted by Crippen LogP contribution is -2.51. The van der Waals surface area contributed by atoms with Crippen molar-refractivity contribution in [1.29, 1.82) is 0 Å². The number of likely N-dealkylation sites (tertiary alicyclic amines) is 1. The quantitative estimate of drug-likeness (QED) is 0.757. The fraction of sp³-hybridized carbons (Fsp3) is 0.818. The zero-order chi connectivity index (χ0) is 12.3. The van der Waals surface area contributed by atoms with Crippen LogP contribution in [0.3, 0.4) is 0 Å². The fourth-order valence-corrected chi connectivity index (χ4v) is 2.04. The van der Waals surface area contributed by atoms with Crippen molar-refractivity contribution in [3.8, 4) is 0 Å². The Kier molecular flexibility index (Phi) is 3.91. The Morgan fingerprint density at radius 1 is 1.44 bits per heavy atom. The molecule has 1 heterocycles. The van der Waals surface area contributed by atoms with E-state index in [0.717, 1.165) is 6.42 Å². The largest absolute Gasteiger partial charge is 0.480 e. The van der Waals surface area contributed by atoms with E-state index in [0.29, 0.717) is 25.9 Å². The van der Waals surface area contributed by atoms with Crippen LogP contribution in [0.1, 0.15) is 26.2 Å². The molecule has 0 aromatic heterocycles. The summed E-state index contributed by atoms with van der Waals surface area (Å²) in [6.07, 6.45) is 1.71. The molecule has 1 atom stereocenters. The van der Waals surface area contributed by atoms with Crippen molar-refractivity contribution in [2.24, 2.45) is 0 Å². The van der Waals surface area contributed by atoms with Crippen LogP contribution in [-0.4, -0.2) is 59.5 Å². The van der Waals surface area contributed by atoms with Gasteiger partial charge in [-0.3, -0.25) is 4.79 Å². The normalized spacial score (nSPS) is 25.1. The molecule has 0 radical (unpaired) electrons. The van der Waals surface area contributed by atoms with Crippen LogP contribution in [-0.2, 0) is 9.59 Å². The first-order valence-electron chi connectivity index (χ1n) is 5.56. The van der Waals surface area contributed by atoms with E-state index in [1.54, 1.807) is 6.92 Å². The molecule has 16 heavy (non-hydrogen) atoms. The van der Waals surface area contributed by atoms with Gasteiger partial charge in [0.15, 0.2) is 0 Å². The minimum absolute atomic E-state index is 0.0592.